The summed E-state index contributed by atoms with van der Waals surface area (Å²) in [4.78, 5) is 11.0. The Morgan fingerprint density at radius 1 is 1.25 bits per heavy atom. The van der Waals surface area contributed by atoms with Crippen LogP contribution in [0.25, 0.3) is 0 Å². The Kier molecular flexibility index (Phi) is 3.74. The monoisotopic (exact) mass is 332 g/mol. The fourth-order valence-corrected chi connectivity index (χ4v) is 2.79. The molecule has 0 fully saturated rings. The van der Waals surface area contributed by atoms with Gasteiger partial charge in [-0.1, -0.05) is 24.3 Å². The molecule has 0 radical (unpaired) electrons. The van der Waals surface area contributed by atoms with Gasteiger partial charge in [-0.3, -0.25) is 4.79 Å². The summed E-state index contributed by atoms with van der Waals surface area (Å²) in [5.41, 5.74) is 1.73. The topological polar surface area (TPSA) is 35.5 Å². The molecule has 3 nitrogen and oxygen atoms in total. The second-order valence-corrected chi connectivity index (χ2v) is 5.49. The summed E-state index contributed by atoms with van der Waals surface area (Å²) in [6, 6.07) is 13.4. The molecule has 0 spiro atoms. The highest BCUT2D eigenvalue weighted by Crippen LogP contribution is 2.31. The molecule has 0 saturated carbocycles. The van der Waals surface area contributed by atoms with Crippen molar-refractivity contribution < 1.29 is 14.3 Å². The van der Waals surface area contributed by atoms with Crippen LogP contribution in [-0.4, -0.2) is 19.0 Å². The van der Waals surface area contributed by atoms with Gasteiger partial charge in [-0.25, -0.2) is 0 Å². The highest BCUT2D eigenvalue weighted by Gasteiger charge is 2.23. The van der Waals surface area contributed by atoms with E-state index in [1.165, 1.54) is 5.56 Å². The first-order valence-corrected chi connectivity index (χ1v) is 7.18. The fourth-order valence-electron chi connectivity index (χ4n) is 2.29. The summed E-state index contributed by atoms with van der Waals surface area (Å²) in [6.45, 7) is 0.415. The second kappa shape index (κ2) is 5.67. The van der Waals surface area contributed by atoms with Crippen LogP contribution in [0.2, 0.25) is 0 Å². The van der Waals surface area contributed by atoms with E-state index in [0.717, 1.165) is 22.9 Å². The number of benzene rings is 2. The number of hydrogen-bond donors (Lipinski definition) is 0. The predicted octanol–water partition coefficient (Wildman–Crippen LogP) is 3.64. The van der Waals surface area contributed by atoms with Gasteiger partial charge in [-0.05, 0) is 39.7 Å². The minimum Gasteiger partial charge on any atom is -0.488 e. The average Bonchev–Trinajstić information content (AvgIpc) is 2.88. The van der Waals surface area contributed by atoms with E-state index in [1.54, 1.807) is 6.07 Å². The molecule has 1 atom stereocenters. The average molecular weight is 333 g/mol. The van der Waals surface area contributed by atoms with Crippen LogP contribution in [0, 0.1) is 0 Å². The van der Waals surface area contributed by atoms with Gasteiger partial charge in [0.05, 0.1) is 10.0 Å². The molecule has 0 aliphatic carbocycles. The fraction of sp³-hybridized carbons (Fsp3) is 0.188. The number of carbonyl (C=O) groups excluding carboxylic acids is 1. The van der Waals surface area contributed by atoms with Crippen LogP contribution in [0.3, 0.4) is 0 Å². The van der Waals surface area contributed by atoms with Crippen LogP contribution in [0.5, 0.6) is 11.5 Å². The molecule has 2 aromatic rings. The molecule has 0 N–H and O–H groups in total. The molecular formula is C16H13BrO3. The first-order chi connectivity index (χ1) is 9.78. The number of rotatable bonds is 4. The van der Waals surface area contributed by atoms with Crippen molar-refractivity contribution in [1.82, 2.24) is 0 Å². The van der Waals surface area contributed by atoms with Crippen molar-refractivity contribution in [3.05, 3.63) is 58.1 Å². The Morgan fingerprint density at radius 3 is 2.90 bits per heavy atom. The van der Waals surface area contributed by atoms with Gasteiger partial charge < -0.3 is 9.47 Å². The summed E-state index contributed by atoms with van der Waals surface area (Å²) in [5.74, 6) is 1.49. The third-order valence-electron chi connectivity index (χ3n) is 3.25. The van der Waals surface area contributed by atoms with Crippen molar-refractivity contribution in [1.29, 1.82) is 0 Å². The summed E-state index contributed by atoms with van der Waals surface area (Å²) in [6.07, 6.45) is 1.61. The summed E-state index contributed by atoms with van der Waals surface area (Å²) in [7, 11) is 0. The molecule has 4 heteroatoms. The standard InChI is InChI=1S/C16H13BrO3/c17-14-6-3-5-12(9-18)16(14)19-10-13-8-11-4-1-2-7-15(11)20-13/h1-7,9,13H,8,10H2. The zero-order chi connectivity index (χ0) is 13.9. The molecule has 2 aromatic carbocycles. The Bertz CT molecular complexity index is 614. The predicted molar refractivity (Wildman–Crippen MR) is 79.6 cm³/mol. The van der Waals surface area contributed by atoms with Crippen LogP contribution >= 0.6 is 15.9 Å². The summed E-state index contributed by atoms with van der Waals surface area (Å²) < 4.78 is 12.4. The van der Waals surface area contributed by atoms with Gasteiger partial charge in [0.25, 0.3) is 0 Å². The molecule has 0 aromatic heterocycles. The van der Waals surface area contributed by atoms with E-state index in [4.69, 9.17) is 9.47 Å². The number of aldehydes is 1. The van der Waals surface area contributed by atoms with E-state index in [2.05, 4.69) is 22.0 Å². The zero-order valence-electron chi connectivity index (χ0n) is 10.7. The van der Waals surface area contributed by atoms with E-state index < -0.39 is 0 Å². The normalized spacial score (nSPS) is 16.4. The van der Waals surface area contributed by atoms with Gasteiger partial charge in [0.2, 0.25) is 0 Å². The highest BCUT2D eigenvalue weighted by molar-refractivity contribution is 9.10. The van der Waals surface area contributed by atoms with Crippen LogP contribution in [0.1, 0.15) is 15.9 Å². The number of para-hydroxylation sites is 2. The molecule has 20 heavy (non-hydrogen) atoms. The largest absolute Gasteiger partial charge is 0.488 e. The molecule has 3 rings (SSSR count). The lowest BCUT2D eigenvalue weighted by Gasteiger charge is -2.14. The molecule has 0 amide bonds. The quantitative estimate of drug-likeness (QED) is 0.802. The number of fused-ring (bicyclic) bond motifs is 1. The van der Waals surface area contributed by atoms with E-state index >= 15 is 0 Å². The Hall–Kier alpha value is -1.81. The smallest absolute Gasteiger partial charge is 0.153 e. The molecular weight excluding hydrogens is 320 g/mol. The van der Waals surface area contributed by atoms with Crippen LogP contribution < -0.4 is 9.47 Å². The van der Waals surface area contributed by atoms with Gasteiger partial charge in [0.1, 0.15) is 24.2 Å². The van der Waals surface area contributed by atoms with E-state index in [9.17, 15) is 4.79 Å². The molecule has 0 bridgehead atoms. The maximum Gasteiger partial charge on any atom is 0.153 e. The maximum atomic E-state index is 11.0. The Morgan fingerprint density at radius 2 is 2.10 bits per heavy atom. The van der Waals surface area contributed by atoms with Crippen LogP contribution in [-0.2, 0) is 6.42 Å². The Balaban J connectivity index is 1.69. The lowest BCUT2D eigenvalue weighted by atomic mass is 10.1. The Labute approximate surface area is 125 Å². The second-order valence-electron chi connectivity index (χ2n) is 4.64. The number of halogens is 1. The van der Waals surface area contributed by atoms with Crippen molar-refractivity contribution in [3.8, 4) is 11.5 Å². The first-order valence-electron chi connectivity index (χ1n) is 6.39. The molecule has 1 heterocycles. The van der Waals surface area contributed by atoms with Gasteiger partial charge >= 0.3 is 0 Å². The van der Waals surface area contributed by atoms with Crippen LogP contribution in [0.4, 0.5) is 0 Å². The summed E-state index contributed by atoms with van der Waals surface area (Å²) >= 11 is 3.40. The van der Waals surface area contributed by atoms with Gasteiger partial charge in [0, 0.05) is 6.42 Å². The summed E-state index contributed by atoms with van der Waals surface area (Å²) in [5, 5.41) is 0. The highest BCUT2D eigenvalue weighted by atomic mass is 79.9. The molecule has 1 unspecified atom stereocenters. The minimum absolute atomic E-state index is 0.0148. The number of ether oxygens (including phenoxy) is 2. The molecule has 1 aliphatic heterocycles. The van der Waals surface area contributed by atoms with Crippen molar-refractivity contribution in [2.45, 2.75) is 12.5 Å². The zero-order valence-corrected chi connectivity index (χ0v) is 12.3. The van der Waals surface area contributed by atoms with Crippen molar-refractivity contribution >= 4 is 22.2 Å². The van der Waals surface area contributed by atoms with Crippen molar-refractivity contribution in [2.75, 3.05) is 6.61 Å². The lowest BCUT2D eigenvalue weighted by Crippen LogP contribution is -2.22. The van der Waals surface area contributed by atoms with E-state index in [0.29, 0.717) is 17.9 Å². The van der Waals surface area contributed by atoms with Crippen molar-refractivity contribution in [2.24, 2.45) is 0 Å². The molecule has 0 saturated heterocycles. The minimum atomic E-state index is -0.0148. The maximum absolute atomic E-state index is 11.0. The van der Waals surface area contributed by atoms with Gasteiger partial charge in [0.15, 0.2) is 6.29 Å². The number of hydrogen-bond acceptors (Lipinski definition) is 3. The third kappa shape index (κ3) is 2.56. The van der Waals surface area contributed by atoms with Crippen molar-refractivity contribution in [3.63, 3.8) is 0 Å². The first kappa shape index (κ1) is 13.2. The lowest BCUT2D eigenvalue weighted by molar-refractivity contribution is 0.111. The SMILES string of the molecule is O=Cc1cccc(Br)c1OCC1Cc2ccccc2O1. The number of carbonyl (C=O) groups is 1. The van der Waals surface area contributed by atoms with E-state index in [1.807, 2.05) is 30.3 Å². The molecule has 102 valence electrons. The van der Waals surface area contributed by atoms with Gasteiger partial charge in [-0.2, -0.15) is 0 Å². The molecule has 1 aliphatic rings. The third-order valence-corrected chi connectivity index (χ3v) is 3.88. The van der Waals surface area contributed by atoms with Gasteiger partial charge in [-0.15, -0.1) is 0 Å². The van der Waals surface area contributed by atoms with E-state index in [-0.39, 0.29) is 6.10 Å². The van der Waals surface area contributed by atoms with Crippen LogP contribution in [0.15, 0.2) is 46.9 Å².